The lowest BCUT2D eigenvalue weighted by atomic mass is 10.1. The molecule has 0 atom stereocenters. The van der Waals surface area contributed by atoms with E-state index in [-0.39, 0.29) is 12.5 Å². The molecule has 0 bridgehead atoms. The summed E-state index contributed by atoms with van der Waals surface area (Å²) in [6.45, 7) is 4.13. The summed E-state index contributed by atoms with van der Waals surface area (Å²) in [5, 5.41) is 3.13. The Morgan fingerprint density at radius 1 is 1.44 bits per heavy atom. The van der Waals surface area contributed by atoms with Crippen molar-refractivity contribution in [2.75, 3.05) is 30.5 Å². The van der Waals surface area contributed by atoms with E-state index in [1.54, 1.807) is 18.9 Å². The van der Waals surface area contributed by atoms with Crippen LogP contribution in [-0.2, 0) is 16.0 Å². The molecule has 0 saturated carbocycles. The zero-order valence-electron chi connectivity index (χ0n) is 14.3. The van der Waals surface area contributed by atoms with Gasteiger partial charge in [0.2, 0.25) is 0 Å². The smallest absolute Gasteiger partial charge is 0.413 e. The summed E-state index contributed by atoms with van der Waals surface area (Å²) in [5.41, 5.74) is 2.37. The molecule has 0 fully saturated rings. The van der Waals surface area contributed by atoms with Gasteiger partial charge in [0.05, 0.1) is 18.0 Å². The first-order valence-electron chi connectivity index (χ1n) is 8.00. The monoisotopic (exact) mass is 361 g/mol. The fourth-order valence-electron chi connectivity index (χ4n) is 2.54. The highest BCUT2D eigenvalue weighted by molar-refractivity contribution is 7.16. The molecule has 8 heteroatoms. The van der Waals surface area contributed by atoms with E-state index in [1.165, 1.54) is 11.3 Å². The lowest BCUT2D eigenvalue weighted by molar-refractivity contribution is -0.120. The standard InChI is InChI=1S/C17H19N3O4S/c1-4-13-15(18-16(25-13)19-17(22)23-5-2)10-6-7-12-11(8-10)20(3)14(21)9-24-12/h6-8H,4-5,9H2,1-3H3,(H,18,19,22). The number of benzene rings is 1. The van der Waals surface area contributed by atoms with Crippen LogP contribution in [0.25, 0.3) is 11.3 Å². The molecule has 25 heavy (non-hydrogen) atoms. The van der Waals surface area contributed by atoms with Gasteiger partial charge in [-0.15, -0.1) is 11.3 Å². The summed E-state index contributed by atoms with van der Waals surface area (Å²) < 4.78 is 10.3. The number of likely N-dealkylation sites (N-methyl/N-ethyl adjacent to an activating group) is 1. The van der Waals surface area contributed by atoms with E-state index in [2.05, 4.69) is 10.3 Å². The molecule has 1 aliphatic heterocycles. The first kappa shape index (κ1) is 17.2. The normalized spacial score (nSPS) is 13.2. The number of nitrogens with zero attached hydrogens (tertiary/aromatic N) is 2. The van der Waals surface area contributed by atoms with Gasteiger partial charge < -0.3 is 14.4 Å². The summed E-state index contributed by atoms with van der Waals surface area (Å²) in [6, 6.07) is 5.63. The number of ether oxygens (including phenoxy) is 2. The Hall–Kier alpha value is -2.61. The molecule has 0 radical (unpaired) electrons. The first-order valence-corrected chi connectivity index (χ1v) is 8.82. The van der Waals surface area contributed by atoms with E-state index in [9.17, 15) is 9.59 Å². The molecular weight excluding hydrogens is 342 g/mol. The van der Waals surface area contributed by atoms with Crippen molar-refractivity contribution >= 4 is 34.2 Å². The van der Waals surface area contributed by atoms with Crippen molar-refractivity contribution in [3.8, 4) is 17.0 Å². The maximum absolute atomic E-state index is 11.8. The minimum atomic E-state index is -0.519. The van der Waals surface area contributed by atoms with Gasteiger partial charge in [-0.05, 0) is 31.5 Å². The second-order valence-corrected chi connectivity index (χ2v) is 6.50. The van der Waals surface area contributed by atoms with E-state index >= 15 is 0 Å². The summed E-state index contributed by atoms with van der Waals surface area (Å²) >= 11 is 1.41. The van der Waals surface area contributed by atoms with Crippen molar-refractivity contribution in [2.45, 2.75) is 20.3 Å². The molecule has 132 valence electrons. The summed E-state index contributed by atoms with van der Waals surface area (Å²) in [5.74, 6) is 0.576. The quantitative estimate of drug-likeness (QED) is 0.904. The summed E-state index contributed by atoms with van der Waals surface area (Å²) in [7, 11) is 1.73. The van der Waals surface area contributed by atoms with Gasteiger partial charge in [0.1, 0.15) is 5.75 Å². The number of anilines is 2. The van der Waals surface area contributed by atoms with Crippen molar-refractivity contribution in [1.29, 1.82) is 0 Å². The number of amides is 2. The van der Waals surface area contributed by atoms with Crippen molar-refractivity contribution in [2.24, 2.45) is 0 Å². The summed E-state index contributed by atoms with van der Waals surface area (Å²) in [4.78, 5) is 30.6. The van der Waals surface area contributed by atoms with E-state index < -0.39 is 6.09 Å². The van der Waals surface area contributed by atoms with Crippen LogP contribution in [0.4, 0.5) is 15.6 Å². The molecular formula is C17H19N3O4S. The van der Waals surface area contributed by atoms with Crippen LogP contribution >= 0.6 is 11.3 Å². The zero-order chi connectivity index (χ0) is 18.0. The summed E-state index contributed by atoms with van der Waals surface area (Å²) in [6.07, 6.45) is 0.259. The lowest BCUT2D eigenvalue weighted by Gasteiger charge is -2.26. The predicted molar refractivity (Wildman–Crippen MR) is 96.5 cm³/mol. The number of thiazole rings is 1. The maximum atomic E-state index is 11.8. The Balaban J connectivity index is 1.95. The highest BCUT2D eigenvalue weighted by Crippen LogP contribution is 2.38. The van der Waals surface area contributed by atoms with Crippen molar-refractivity contribution < 1.29 is 19.1 Å². The van der Waals surface area contributed by atoms with Gasteiger partial charge in [-0.3, -0.25) is 10.1 Å². The largest absolute Gasteiger partial charge is 0.482 e. The Morgan fingerprint density at radius 3 is 2.96 bits per heavy atom. The maximum Gasteiger partial charge on any atom is 0.413 e. The van der Waals surface area contributed by atoms with Gasteiger partial charge >= 0.3 is 6.09 Å². The molecule has 0 unspecified atom stereocenters. The zero-order valence-corrected chi connectivity index (χ0v) is 15.1. The van der Waals surface area contributed by atoms with Crippen LogP contribution < -0.4 is 15.0 Å². The molecule has 1 aliphatic rings. The third-order valence-electron chi connectivity index (χ3n) is 3.82. The highest BCUT2D eigenvalue weighted by Gasteiger charge is 2.23. The average Bonchev–Trinajstić information content (AvgIpc) is 3.01. The molecule has 0 aliphatic carbocycles. The molecule has 1 aromatic carbocycles. The predicted octanol–water partition coefficient (Wildman–Crippen LogP) is 3.30. The Kier molecular flexibility index (Phi) is 4.89. The first-order chi connectivity index (χ1) is 12.0. The Morgan fingerprint density at radius 2 is 2.24 bits per heavy atom. The molecule has 1 N–H and O–H groups in total. The van der Waals surface area contributed by atoms with Crippen molar-refractivity contribution in [1.82, 2.24) is 4.98 Å². The van der Waals surface area contributed by atoms with Crippen LogP contribution in [0.1, 0.15) is 18.7 Å². The molecule has 0 spiro atoms. The number of carbonyl (C=O) groups excluding carboxylic acids is 2. The van der Waals surface area contributed by atoms with Crippen molar-refractivity contribution in [3.63, 3.8) is 0 Å². The van der Waals surface area contributed by atoms with Crippen LogP contribution in [0.3, 0.4) is 0 Å². The van der Waals surface area contributed by atoms with Gasteiger partial charge in [-0.2, -0.15) is 0 Å². The average molecular weight is 361 g/mol. The number of nitrogens with one attached hydrogen (secondary N) is 1. The number of aromatic nitrogens is 1. The van der Waals surface area contributed by atoms with E-state index in [4.69, 9.17) is 9.47 Å². The van der Waals surface area contributed by atoms with E-state index in [0.717, 1.165) is 22.6 Å². The van der Waals surface area contributed by atoms with Gasteiger partial charge in [-0.1, -0.05) is 6.92 Å². The number of aryl methyl sites for hydroxylation is 1. The third-order valence-corrected chi connectivity index (χ3v) is 4.94. The molecule has 2 aromatic rings. The van der Waals surface area contributed by atoms with Gasteiger partial charge in [0, 0.05) is 17.5 Å². The van der Waals surface area contributed by atoms with E-state index in [0.29, 0.717) is 23.2 Å². The van der Waals surface area contributed by atoms with Gasteiger partial charge in [0.25, 0.3) is 5.91 Å². The molecule has 7 nitrogen and oxygen atoms in total. The topological polar surface area (TPSA) is 80.8 Å². The van der Waals surface area contributed by atoms with Crippen LogP contribution in [-0.4, -0.2) is 37.2 Å². The molecule has 0 saturated heterocycles. The molecule has 2 heterocycles. The lowest BCUT2D eigenvalue weighted by Crippen LogP contribution is -2.35. The van der Waals surface area contributed by atoms with E-state index in [1.807, 2.05) is 25.1 Å². The highest BCUT2D eigenvalue weighted by atomic mass is 32.1. The van der Waals surface area contributed by atoms with Gasteiger partial charge in [0.15, 0.2) is 11.7 Å². The Labute approximate surface area is 149 Å². The second-order valence-electron chi connectivity index (χ2n) is 5.41. The molecule has 2 amide bonds. The number of rotatable bonds is 4. The fraction of sp³-hybridized carbons (Fsp3) is 0.353. The second kappa shape index (κ2) is 7.10. The molecule has 3 rings (SSSR count). The van der Waals surface area contributed by atoms with Crippen LogP contribution in [0, 0.1) is 0 Å². The Bertz CT molecular complexity index is 818. The number of carbonyl (C=O) groups is 2. The third kappa shape index (κ3) is 3.43. The number of fused-ring (bicyclic) bond motifs is 1. The molecule has 1 aromatic heterocycles. The van der Waals surface area contributed by atoms with Gasteiger partial charge in [-0.25, -0.2) is 9.78 Å². The van der Waals surface area contributed by atoms with Crippen LogP contribution in [0.2, 0.25) is 0 Å². The minimum absolute atomic E-state index is 0.0490. The van der Waals surface area contributed by atoms with Crippen molar-refractivity contribution in [3.05, 3.63) is 23.1 Å². The SMILES string of the molecule is CCOC(=O)Nc1nc(-c2ccc3c(c2)N(C)C(=O)CO3)c(CC)s1. The number of hydrogen-bond acceptors (Lipinski definition) is 6. The fourth-order valence-corrected chi connectivity index (χ4v) is 3.45. The number of hydrogen-bond donors (Lipinski definition) is 1. The van der Waals surface area contributed by atoms with Crippen LogP contribution in [0.5, 0.6) is 5.75 Å². The van der Waals surface area contributed by atoms with Crippen LogP contribution in [0.15, 0.2) is 18.2 Å². The minimum Gasteiger partial charge on any atom is -0.482 e.